The van der Waals surface area contributed by atoms with Crippen LogP contribution in [0.2, 0.25) is 0 Å². The van der Waals surface area contributed by atoms with Gasteiger partial charge in [-0.15, -0.1) is 0 Å². The summed E-state index contributed by atoms with van der Waals surface area (Å²) >= 11 is 0. The predicted octanol–water partition coefficient (Wildman–Crippen LogP) is 2.98. The van der Waals surface area contributed by atoms with Crippen molar-refractivity contribution in [2.24, 2.45) is 5.92 Å². The Balaban J connectivity index is 1.35. The van der Waals surface area contributed by atoms with E-state index in [1.807, 2.05) is 6.92 Å². The lowest BCUT2D eigenvalue weighted by Crippen LogP contribution is -2.39. The van der Waals surface area contributed by atoms with Crippen molar-refractivity contribution in [2.75, 3.05) is 12.5 Å². The highest BCUT2D eigenvalue weighted by Crippen LogP contribution is 2.29. The van der Waals surface area contributed by atoms with Crippen LogP contribution in [0.15, 0.2) is 47.6 Å². The summed E-state index contributed by atoms with van der Waals surface area (Å²) in [5.74, 6) is 0.259. The lowest BCUT2D eigenvalue weighted by Gasteiger charge is -2.32. The van der Waals surface area contributed by atoms with Crippen molar-refractivity contribution in [1.82, 2.24) is 24.3 Å². The summed E-state index contributed by atoms with van der Waals surface area (Å²) in [6.07, 6.45) is 5.18. The van der Waals surface area contributed by atoms with Gasteiger partial charge in [-0.2, -0.15) is 0 Å². The highest BCUT2D eigenvalue weighted by molar-refractivity contribution is 7.90. The fraction of sp³-hybridized carbons (Fsp3) is 0.391. The Bertz CT molecular complexity index is 1330. The van der Waals surface area contributed by atoms with Gasteiger partial charge in [-0.3, -0.25) is 15.6 Å². The Hall–Kier alpha value is -3.67. The number of carbonyl (C=O) groups excluding carboxylic acids is 1. The Kier molecular flexibility index (Phi) is 6.92. The van der Waals surface area contributed by atoms with E-state index in [4.69, 9.17) is 5.11 Å². The molecule has 1 fully saturated rings. The molecule has 186 valence electrons. The number of nitrogens with zero attached hydrogens (tertiary/aromatic N) is 4. The van der Waals surface area contributed by atoms with Crippen molar-refractivity contribution >= 4 is 39.0 Å². The molecule has 1 saturated carbocycles. The van der Waals surface area contributed by atoms with Gasteiger partial charge in [0.05, 0.1) is 11.1 Å². The van der Waals surface area contributed by atoms with Gasteiger partial charge in [-0.25, -0.2) is 27.2 Å². The van der Waals surface area contributed by atoms with Gasteiger partial charge >= 0.3 is 6.09 Å². The molecule has 1 aromatic carbocycles. The van der Waals surface area contributed by atoms with E-state index in [1.165, 1.54) is 17.3 Å². The highest BCUT2D eigenvalue weighted by Gasteiger charge is 2.27. The fourth-order valence-electron chi connectivity index (χ4n) is 4.30. The minimum Gasteiger partial charge on any atom is -0.465 e. The van der Waals surface area contributed by atoms with Gasteiger partial charge in [0.1, 0.15) is 5.52 Å². The number of rotatable bonds is 7. The maximum Gasteiger partial charge on any atom is 0.407 e. The molecule has 0 aliphatic heterocycles. The van der Waals surface area contributed by atoms with Crippen LogP contribution in [0.25, 0.3) is 11.2 Å². The molecule has 0 atom stereocenters. The predicted molar refractivity (Wildman–Crippen MR) is 129 cm³/mol. The molecule has 11 nitrogen and oxygen atoms in total. The number of carboxylic acid groups (broad SMARTS) is 1. The van der Waals surface area contributed by atoms with Gasteiger partial charge in [0, 0.05) is 25.7 Å². The largest absolute Gasteiger partial charge is 0.465 e. The third kappa shape index (κ3) is 5.37. The number of aryl methyl sites for hydroxylation is 1. The summed E-state index contributed by atoms with van der Waals surface area (Å²) in [5.41, 5.74) is 6.85. The van der Waals surface area contributed by atoms with Gasteiger partial charge < -0.3 is 10.0 Å². The van der Waals surface area contributed by atoms with Crippen molar-refractivity contribution in [3.05, 3.63) is 48.3 Å². The van der Waals surface area contributed by atoms with Crippen LogP contribution in [0.5, 0.6) is 0 Å². The Labute approximate surface area is 203 Å². The van der Waals surface area contributed by atoms with Gasteiger partial charge in [-0.1, -0.05) is 17.7 Å². The summed E-state index contributed by atoms with van der Waals surface area (Å²) in [4.78, 5) is 33.6. The third-order valence-corrected chi connectivity index (χ3v) is 8.08. The van der Waals surface area contributed by atoms with Crippen LogP contribution in [0.4, 0.5) is 10.6 Å². The molecular weight excluding hydrogens is 472 g/mol. The van der Waals surface area contributed by atoms with Crippen LogP contribution in [0.1, 0.15) is 37.7 Å². The van der Waals surface area contributed by atoms with Gasteiger partial charge in [0.25, 0.3) is 10.0 Å². The average Bonchev–Trinajstić information content (AvgIpc) is 3.27. The van der Waals surface area contributed by atoms with Gasteiger partial charge in [0.15, 0.2) is 11.5 Å². The smallest absolute Gasteiger partial charge is 0.407 e. The summed E-state index contributed by atoms with van der Waals surface area (Å²) in [7, 11) is -2.24. The van der Waals surface area contributed by atoms with Crippen LogP contribution in [0, 0.1) is 12.8 Å². The standard InChI is InChI=1S/C23H28N6O5S/c1-15-3-9-18(10-4-15)35(33,34)29-12-11-19-22(29)24-14-20(25-19)26-27-21(30)13-16-5-7-17(8-6-16)28(2)23(31)32/h3-4,9-12,14,16-17H,5-8,13H2,1-2H3,(H,25,26)(H,27,30)(H,31,32). The minimum absolute atomic E-state index is 0.00549. The molecule has 2 aromatic heterocycles. The molecular formula is C23H28N6O5S. The molecule has 0 spiro atoms. The van der Waals surface area contributed by atoms with E-state index in [9.17, 15) is 18.0 Å². The monoisotopic (exact) mass is 500 g/mol. The van der Waals surface area contributed by atoms with Gasteiger partial charge in [-0.05, 0) is 56.7 Å². The maximum atomic E-state index is 13.0. The number of hydrogen-bond donors (Lipinski definition) is 3. The van der Waals surface area contributed by atoms with Crippen molar-refractivity contribution in [2.45, 2.75) is 50.0 Å². The molecule has 35 heavy (non-hydrogen) atoms. The van der Waals surface area contributed by atoms with Crippen molar-refractivity contribution in [3.8, 4) is 0 Å². The molecule has 12 heteroatoms. The second-order valence-electron chi connectivity index (χ2n) is 8.84. The Morgan fingerprint density at radius 2 is 1.83 bits per heavy atom. The first kappa shape index (κ1) is 24.5. The summed E-state index contributed by atoms with van der Waals surface area (Å²) in [6.45, 7) is 1.88. The van der Waals surface area contributed by atoms with E-state index in [-0.39, 0.29) is 34.2 Å². The molecule has 4 rings (SSSR count). The maximum absolute atomic E-state index is 13.0. The number of nitrogens with one attached hydrogen (secondary N) is 2. The first-order chi connectivity index (χ1) is 16.6. The summed E-state index contributed by atoms with van der Waals surface area (Å²) in [6, 6.07) is 8.10. The van der Waals surface area contributed by atoms with Crippen LogP contribution in [-0.2, 0) is 14.8 Å². The highest BCUT2D eigenvalue weighted by atomic mass is 32.2. The minimum atomic E-state index is -3.82. The third-order valence-electron chi connectivity index (χ3n) is 6.40. The molecule has 2 heterocycles. The molecule has 3 N–H and O–H groups in total. The second kappa shape index (κ2) is 9.90. The van der Waals surface area contributed by atoms with E-state index in [1.54, 1.807) is 37.4 Å². The molecule has 0 unspecified atom stereocenters. The number of aromatic nitrogens is 3. The zero-order valence-electron chi connectivity index (χ0n) is 19.5. The Morgan fingerprint density at radius 3 is 2.49 bits per heavy atom. The number of carbonyl (C=O) groups is 2. The van der Waals surface area contributed by atoms with Gasteiger partial charge in [0.2, 0.25) is 5.91 Å². The lowest BCUT2D eigenvalue weighted by atomic mass is 9.83. The summed E-state index contributed by atoms with van der Waals surface area (Å²) < 4.78 is 27.1. The molecule has 1 aliphatic rings. The number of hydrogen-bond acceptors (Lipinski definition) is 7. The number of benzene rings is 1. The Morgan fingerprint density at radius 1 is 1.14 bits per heavy atom. The zero-order chi connectivity index (χ0) is 25.2. The molecule has 0 bridgehead atoms. The van der Waals surface area contributed by atoms with E-state index in [2.05, 4.69) is 20.8 Å². The van der Waals surface area contributed by atoms with Crippen molar-refractivity contribution in [1.29, 1.82) is 0 Å². The van der Waals surface area contributed by atoms with Crippen LogP contribution < -0.4 is 10.9 Å². The van der Waals surface area contributed by atoms with Crippen molar-refractivity contribution in [3.63, 3.8) is 0 Å². The molecule has 1 aliphatic carbocycles. The van der Waals surface area contributed by atoms with Crippen LogP contribution >= 0.6 is 0 Å². The quantitative estimate of drug-likeness (QED) is 0.420. The number of amides is 2. The SMILES string of the molecule is Cc1ccc(S(=O)(=O)n2ccc3nc(NNC(=O)CC4CCC(N(C)C(=O)O)CC4)cnc32)cc1. The summed E-state index contributed by atoms with van der Waals surface area (Å²) in [5, 5.41) is 9.10. The van der Waals surface area contributed by atoms with E-state index >= 15 is 0 Å². The van der Waals surface area contributed by atoms with Crippen LogP contribution in [-0.4, -0.2) is 57.5 Å². The van der Waals surface area contributed by atoms with Crippen LogP contribution in [0.3, 0.4) is 0 Å². The zero-order valence-corrected chi connectivity index (χ0v) is 20.3. The average molecular weight is 501 g/mol. The molecule has 2 amide bonds. The molecule has 0 saturated heterocycles. The first-order valence-corrected chi connectivity index (χ1v) is 12.8. The van der Waals surface area contributed by atoms with E-state index < -0.39 is 16.1 Å². The van der Waals surface area contributed by atoms with E-state index in [0.29, 0.717) is 11.9 Å². The number of hydrazine groups is 1. The normalized spacial score (nSPS) is 18.2. The number of fused-ring (bicyclic) bond motifs is 1. The first-order valence-electron chi connectivity index (χ1n) is 11.3. The molecule has 3 aromatic rings. The molecule has 0 radical (unpaired) electrons. The fourth-order valence-corrected chi connectivity index (χ4v) is 5.60. The number of anilines is 1. The second-order valence-corrected chi connectivity index (χ2v) is 10.7. The lowest BCUT2D eigenvalue weighted by molar-refractivity contribution is -0.121. The van der Waals surface area contributed by atoms with E-state index in [0.717, 1.165) is 35.2 Å². The topological polar surface area (TPSA) is 147 Å². The van der Waals surface area contributed by atoms with Crippen molar-refractivity contribution < 1.29 is 23.1 Å².